The highest BCUT2D eigenvalue weighted by atomic mass is 35.5. The Hall–Kier alpha value is -1.51. The second-order valence-electron chi connectivity index (χ2n) is 9.72. The van der Waals surface area contributed by atoms with Gasteiger partial charge in [-0.25, -0.2) is 0 Å². The van der Waals surface area contributed by atoms with Gasteiger partial charge in [0.2, 0.25) is 0 Å². The van der Waals surface area contributed by atoms with Crippen LogP contribution in [0, 0.1) is 13.8 Å². The standard InChI is InChI=1S/C29H43ClN2/c1-6-19-31(20-7-2)29(25-10-12-26(30)13-11-25)17-15-27(16-18-29)32(21-8-3)28-14-9-23(4)24(5)22-28/h9-14,22,27H,6-8,15-21H2,1-5H3. The number of rotatable bonds is 10. The van der Waals surface area contributed by atoms with Gasteiger partial charge in [-0.3, -0.25) is 4.90 Å². The first kappa shape index (κ1) is 25.1. The van der Waals surface area contributed by atoms with Crippen molar-refractivity contribution in [3.05, 3.63) is 64.2 Å². The Balaban J connectivity index is 1.89. The predicted octanol–water partition coefficient (Wildman–Crippen LogP) is 8.13. The normalized spacial score (nSPS) is 21.2. The summed E-state index contributed by atoms with van der Waals surface area (Å²) in [5.41, 5.74) is 5.76. The molecule has 0 saturated heterocycles. The quantitative estimate of drug-likeness (QED) is 0.357. The van der Waals surface area contributed by atoms with Crippen LogP contribution in [0.5, 0.6) is 0 Å². The predicted molar refractivity (Wildman–Crippen MR) is 141 cm³/mol. The van der Waals surface area contributed by atoms with Crippen LogP contribution >= 0.6 is 11.6 Å². The van der Waals surface area contributed by atoms with E-state index >= 15 is 0 Å². The minimum absolute atomic E-state index is 0.133. The molecular weight excluding hydrogens is 412 g/mol. The second-order valence-corrected chi connectivity index (χ2v) is 10.2. The van der Waals surface area contributed by atoms with Crippen LogP contribution in [0.1, 0.15) is 82.4 Å². The van der Waals surface area contributed by atoms with Crippen LogP contribution in [0.25, 0.3) is 0 Å². The Morgan fingerprint density at radius 2 is 1.41 bits per heavy atom. The number of halogens is 1. The number of hydrogen-bond acceptors (Lipinski definition) is 2. The van der Waals surface area contributed by atoms with E-state index in [1.54, 1.807) is 0 Å². The largest absolute Gasteiger partial charge is 0.369 e. The molecule has 3 heteroatoms. The molecule has 176 valence electrons. The number of benzene rings is 2. The zero-order valence-electron chi connectivity index (χ0n) is 21.0. The van der Waals surface area contributed by atoms with Gasteiger partial charge >= 0.3 is 0 Å². The Kier molecular flexibility index (Phi) is 9.08. The Bertz CT molecular complexity index is 831. The third-order valence-corrected chi connectivity index (χ3v) is 7.74. The van der Waals surface area contributed by atoms with Gasteiger partial charge in [-0.15, -0.1) is 0 Å². The molecule has 1 fully saturated rings. The minimum Gasteiger partial charge on any atom is -0.369 e. The lowest BCUT2D eigenvalue weighted by atomic mass is 9.73. The van der Waals surface area contributed by atoms with E-state index in [4.69, 9.17) is 11.6 Å². The highest BCUT2D eigenvalue weighted by Gasteiger charge is 2.42. The third-order valence-electron chi connectivity index (χ3n) is 7.48. The van der Waals surface area contributed by atoms with E-state index in [-0.39, 0.29) is 5.54 Å². The zero-order valence-corrected chi connectivity index (χ0v) is 21.7. The van der Waals surface area contributed by atoms with Gasteiger partial charge in [0.15, 0.2) is 0 Å². The van der Waals surface area contributed by atoms with Crippen molar-refractivity contribution < 1.29 is 0 Å². The monoisotopic (exact) mass is 454 g/mol. The van der Waals surface area contributed by atoms with Gasteiger partial charge < -0.3 is 4.90 Å². The summed E-state index contributed by atoms with van der Waals surface area (Å²) in [6.07, 6.45) is 8.48. The molecule has 0 heterocycles. The maximum absolute atomic E-state index is 6.27. The molecule has 0 N–H and O–H groups in total. The molecule has 0 bridgehead atoms. The first-order chi connectivity index (χ1) is 15.4. The van der Waals surface area contributed by atoms with Crippen molar-refractivity contribution >= 4 is 17.3 Å². The van der Waals surface area contributed by atoms with E-state index in [1.807, 2.05) is 0 Å². The number of aryl methyl sites for hydroxylation is 2. The van der Waals surface area contributed by atoms with Gasteiger partial charge in [0.05, 0.1) is 0 Å². The summed E-state index contributed by atoms with van der Waals surface area (Å²) in [7, 11) is 0. The van der Waals surface area contributed by atoms with Crippen molar-refractivity contribution in [2.24, 2.45) is 0 Å². The lowest BCUT2D eigenvalue weighted by Gasteiger charge is -2.50. The van der Waals surface area contributed by atoms with E-state index in [0.29, 0.717) is 6.04 Å². The average Bonchev–Trinajstić information content (AvgIpc) is 2.80. The summed E-state index contributed by atoms with van der Waals surface area (Å²) in [6.45, 7) is 14.8. The molecule has 32 heavy (non-hydrogen) atoms. The Labute approximate surface area is 202 Å². The molecule has 2 nitrogen and oxygen atoms in total. The summed E-state index contributed by atoms with van der Waals surface area (Å²) in [5.74, 6) is 0. The molecule has 2 aromatic rings. The third kappa shape index (κ3) is 5.51. The fourth-order valence-corrected chi connectivity index (χ4v) is 5.81. The maximum atomic E-state index is 6.27. The first-order valence-electron chi connectivity index (χ1n) is 12.8. The van der Waals surface area contributed by atoms with Crippen LogP contribution in [0.3, 0.4) is 0 Å². The molecule has 2 aromatic carbocycles. The molecule has 0 atom stereocenters. The molecule has 1 aliphatic carbocycles. The SMILES string of the molecule is CCCN(c1ccc(C)c(C)c1)C1CCC(c2ccc(Cl)cc2)(N(CCC)CCC)CC1. The van der Waals surface area contributed by atoms with Crippen LogP contribution in [-0.4, -0.2) is 30.6 Å². The van der Waals surface area contributed by atoms with E-state index in [9.17, 15) is 0 Å². The average molecular weight is 455 g/mol. The molecule has 3 rings (SSSR count). The van der Waals surface area contributed by atoms with Gasteiger partial charge in [-0.1, -0.05) is 50.6 Å². The highest BCUT2D eigenvalue weighted by molar-refractivity contribution is 6.30. The van der Waals surface area contributed by atoms with Crippen LogP contribution in [-0.2, 0) is 5.54 Å². The van der Waals surface area contributed by atoms with E-state index in [1.165, 1.54) is 67.3 Å². The summed E-state index contributed by atoms with van der Waals surface area (Å²) in [5, 5.41) is 0.832. The van der Waals surface area contributed by atoms with Gasteiger partial charge in [0.25, 0.3) is 0 Å². The Morgan fingerprint density at radius 3 is 1.94 bits per heavy atom. The molecule has 0 amide bonds. The van der Waals surface area contributed by atoms with E-state index in [2.05, 4.69) is 86.9 Å². The van der Waals surface area contributed by atoms with Crippen molar-refractivity contribution in [2.45, 2.75) is 91.1 Å². The lowest BCUT2D eigenvalue weighted by Crippen LogP contribution is -2.52. The Morgan fingerprint density at radius 1 is 0.812 bits per heavy atom. The summed E-state index contributed by atoms with van der Waals surface area (Å²) in [6, 6.07) is 16.4. The van der Waals surface area contributed by atoms with Crippen LogP contribution in [0.4, 0.5) is 5.69 Å². The van der Waals surface area contributed by atoms with Gasteiger partial charge in [-0.2, -0.15) is 0 Å². The molecule has 0 aromatic heterocycles. The zero-order chi connectivity index (χ0) is 23.1. The molecule has 0 aliphatic heterocycles. The minimum atomic E-state index is 0.133. The van der Waals surface area contributed by atoms with Crippen molar-refractivity contribution in [3.63, 3.8) is 0 Å². The smallest absolute Gasteiger partial charge is 0.0462 e. The van der Waals surface area contributed by atoms with Gasteiger partial charge in [-0.05, 0) is 113 Å². The van der Waals surface area contributed by atoms with Crippen molar-refractivity contribution in [3.8, 4) is 0 Å². The van der Waals surface area contributed by atoms with Crippen LogP contribution in [0.15, 0.2) is 42.5 Å². The number of anilines is 1. The lowest BCUT2D eigenvalue weighted by molar-refractivity contribution is 0.0408. The maximum Gasteiger partial charge on any atom is 0.0462 e. The van der Waals surface area contributed by atoms with E-state index < -0.39 is 0 Å². The number of hydrogen-bond donors (Lipinski definition) is 0. The topological polar surface area (TPSA) is 6.48 Å². The molecule has 0 unspecified atom stereocenters. The van der Waals surface area contributed by atoms with Crippen LogP contribution < -0.4 is 4.90 Å². The fourth-order valence-electron chi connectivity index (χ4n) is 5.69. The molecular formula is C29H43ClN2. The summed E-state index contributed by atoms with van der Waals surface area (Å²) < 4.78 is 0. The fraction of sp³-hybridized carbons (Fsp3) is 0.586. The van der Waals surface area contributed by atoms with Crippen LogP contribution in [0.2, 0.25) is 5.02 Å². The summed E-state index contributed by atoms with van der Waals surface area (Å²) in [4.78, 5) is 5.48. The van der Waals surface area contributed by atoms with Crippen molar-refractivity contribution in [1.29, 1.82) is 0 Å². The molecule has 0 radical (unpaired) electrons. The first-order valence-corrected chi connectivity index (χ1v) is 13.2. The van der Waals surface area contributed by atoms with Gasteiger partial charge in [0.1, 0.15) is 0 Å². The second kappa shape index (κ2) is 11.6. The molecule has 0 spiro atoms. The summed E-state index contributed by atoms with van der Waals surface area (Å²) >= 11 is 6.27. The van der Waals surface area contributed by atoms with Crippen molar-refractivity contribution in [2.75, 3.05) is 24.5 Å². The van der Waals surface area contributed by atoms with Crippen molar-refractivity contribution in [1.82, 2.24) is 4.90 Å². The van der Waals surface area contributed by atoms with E-state index in [0.717, 1.165) is 24.7 Å². The number of nitrogens with zero attached hydrogens (tertiary/aromatic N) is 2. The highest BCUT2D eigenvalue weighted by Crippen LogP contribution is 2.44. The molecule has 1 aliphatic rings. The van der Waals surface area contributed by atoms with Gasteiger partial charge in [0, 0.05) is 28.8 Å². The molecule has 1 saturated carbocycles.